The van der Waals surface area contributed by atoms with Crippen LogP contribution in [0.3, 0.4) is 0 Å². The van der Waals surface area contributed by atoms with Crippen LogP contribution in [-0.2, 0) is 6.18 Å². The van der Waals surface area contributed by atoms with E-state index in [2.05, 4.69) is 0 Å². The predicted molar refractivity (Wildman–Crippen MR) is 89.2 cm³/mol. The maximum atomic E-state index is 12.7. The first-order valence-corrected chi connectivity index (χ1v) is 7.71. The second-order valence-electron chi connectivity index (χ2n) is 5.88. The lowest BCUT2D eigenvalue weighted by Crippen LogP contribution is -2.08. The Labute approximate surface area is 150 Å². The second kappa shape index (κ2) is 6.39. The molecule has 3 rings (SSSR count). The van der Waals surface area contributed by atoms with E-state index in [0.29, 0.717) is 0 Å². The first kappa shape index (κ1) is 18.4. The van der Waals surface area contributed by atoms with Crippen LogP contribution < -0.4 is 0 Å². The van der Waals surface area contributed by atoms with Gasteiger partial charge in [-0.15, -0.1) is 0 Å². The minimum Gasteiger partial charge on any atom is -0.478 e. The molecular formula is C19H12F3NO4. The van der Waals surface area contributed by atoms with Crippen LogP contribution in [0.1, 0.15) is 49.3 Å². The number of ketones is 2. The molecule has 0 amide bonds. The summed E-state index contributed by atoms with van der Waals surface area (Å²) in [6.45, 7) is 1.32. The topological polar surface area (TPSA) is 75.8 Å². The van der Waals surface area contributed by atoms with Crippen molar-refractivity contribution in [2.75, 3.05) is 0 Å². The first-order valence-electron chi connectivity index (χ1n) is 7.71. The van der Waals surface area contributed by atoms with Gasteiger partial charge in [-0.1, -0.05) is 12.1 Å². The molecule has 0 fully saturated rings. The number of nitrogens with zero attached hydrogens (tertiary/aromatic N) is 1. The number of carbonyl (C=O) groups is 3. The second-order valence-corrected chi connectivity index (χ2v) is 5.88. The highest BCUT2D eigenvalue weighted by molar-refractivity contribution is 6.11. The normalized spacial score (nSPS) is 11.6. The van der Waals surface area contributed by atoms with Crippen LogP contribution in [0.2, 0.25) is 0 Å². The lowest BCUT2D eigenvalue weighted by molar-refractivity contribution is -0.137. The number of carbonyl (C=O) groups excluding carboxylic acids is 2. The number of aromatic carboxylic acids is 1. The molecule has 0 aliphatic heterocycles. The van der Waals surface area contributed by atoms with Gasteiger partial charge >= 0.3 is 12.1 Å². The summed E-state index contributed by atoms with van der Waals surface area (Å²) in [7, 11) is 0. The van der Waals surface area contributed by atoms with Gasteiger partial charge in [-0.05, 0) is 37.3 Å². The SMILES string of the molecule is CC(=O)c1ccn2c(C(=O)c3ccc(C(F)(F)F)cc3)cc(C(=O)O)c2c1. The molecule has 0 spiro atoms. The van der Waals surface area contributed by atoms with Crippen molar-refractivity contribution in [3.8, 4) is 0 Å². The number of carboxylic acid groups (broad SMARTS) is 1. The summed E-state index contributed by atoms with van der Waals surface area (Å²) in [6, 6.07) is 7.58. The van der Waals surface area contributed by atoms with Gasteiger partial charge in [-0.25, -0.2) is 4.79 Å². The highest BCUT2D eigenvalue weighted by Crippen LogP contribution is 2.29. The van der Waals surface area contributed by atoms with Gasteiger partial charge < -0.3 is 9.51 Å². The largest absolute Gasteiger partial charge is 0.478 e. The molecule has 1 aromatic carbocycles. The summed E-state index contributed by atoms with van der Waals surface area (Å²) >= 11 is 0. The van der Waals surface area contributed by atoms with E-state index >= 15 is 0 Å². The Morgan fingerprint density at radius 3 is 2.11 bits per heavy atom. The third-order valence-corrected chi connectivity index (χ3v) is 4.12. The van der Waals surface area contributed by atoms with Gasteiger partial charge in [0.25, 0.3) is 0 Å². The van der Waals surface area contributed by atoms with E-state index in [9.17, 15) is 32.7 Å². The number of alkyl halides is 3. The fraction of sp³-hybridized carbons (Fsp3) is 0.105. The number of halogens is 3. The van der Waals surface area contributed by atoms with Crippen LogP contribution in [0.5, 0.6) is 0 Å². The molecule has 0 unspecified atom stereocenters. The van der Waals surface area contributed by atoms with Crippen LogP contribution in [0.4, 0.5) is 13.2 Å². The Bertz CT molecular complexity index is 1080. The van der Waals surface area contributed by atoms with Crippen LogP contribution in [0.15, 0.2) is 48.7 Å². The number of hydrogen-bond donors (Lipinski definition) is 1. The van der Waals surface area contributed by atoms with Gasteiger partial charge in [-0.2, -0.15) is 13.2 Å². The van der Waals surface area contributed by atoms with Crippen LogP contribution in [-0.4, -0.2) is 27.0 Å². The van der Waals surface area contributed by atoms with Crippen molar-refractivity contribution in [2.24, 2.45) is 0 Å². The molecule has 0 aliphatic rings. The minimum absolute atomic E-state index is 0.0185. The average Bonchev–Trinajstić information content (AvgIpc) is 2.99. The highest BCUT2D eigenvalue weighted by atomic mass is 19.4. The summed E-state index contributed by atoms with van der Waals surface area (Å²) in [5.41, 5.74) is -0.709. The number of Topliss-reactive ketones (excluding diaryl/α,β-unsaturated/α-hetero) is 1. The zero-order valence-electron chi connectivity index (χ0n) is 13.9. The molecule has 0 saturated heterocycles. The molecule has 3 aromatic rings. The standard InChI is InChI=1S/C19H12F3NO4/c1-10(24)12-6-7-23-15(8-12)14(18(26)27)9-16(23)17(25)11-2-4-13(5-3-11)19(20,21)22/h2-9H,1H3,(H,26,27). The molecule has 2 aromatic heterocycles. The molecule has 0 atom stereocenters. The Morgan fingerprint density at radius 1 is 0.963 bits per heavy atom. The van der Waals surface area contributed by atoms with Crippen molar-refractivity contribution >= 4 is 23.1 Å². The molecule has 8 heteroatoms. The zero-order chi connectivity index (χ0) is 19.9. The monoisotopic (exact) mass is 375 g/mol. The summed E-state index contributed by atoms with van der Waals surface area (Å²) in [5.74, 6) is -2.20. The van der Waals surface area contributed by atoms with Gasteiger partial charge in [-0.3, -0.25) is 9.59 Å². The Kier molecular flexibility index (Phi) is 4.35. The molecular weight excluding hydrogens is 363 g/mol. The average molecular weight is 375 g/mol. The number of rotatable bonds is 4. The Morgan fingerprint density at radius 2 is 1.59 bits per heavy atom. The summed E-state index contributed by atoms with van der Waals surface area (Å²) < 4.78 is 39.3. The molecule has 138 valence electrons. The summed E-state index contributed by atoms with van der Waals surface area (Å²) in [4.78, 5) is 35.7. The fourth-order valence-electron chi connectivity index (χ4n) is 2.72. The van der Waals surface area contributed by atoms with Crippen LogP contribution in [0, 0.1) is 0 Å². The quantitative estimate of drug-likeness (QED) is 0.697. The number of pyridine rings is 1. The molecule has 27 heavy (non-hydrogen) atoms. The third-order valence-electron chi connectivity index (χ3n) is 4.12. The van der Waals surface area contributed by atoms with Gasteiger partial charge in [0.2, 0.25) is 5.78 Å². The van der Waals surface area contributed by atoms with E-state index in [1.54, 1.807) is 0 Å². The van der Waals surface area contributed by atoms with Gasteiger partial charge in [0.15, 0.2) is 5.78 Å². The number of fused-ring (bicyclic) bond motifs is 1. The van der Waals surface area contributed by atoms with E-state index in [1.807, 2.05) is 0 Å². The number of carboxylic acids is 1. The molecule has 0 aliphatic carbocycles. The zero-order valence-corrected chi connectivity index (χ0v) is 13.9. The molecule has 5 nitrogen and oxygen atoms in total. The predicted octanol–water partition coefficient (Wildman–Crippen LogP) is 4.09. The number of hydrogen-bond acceptors (Lipinski definition) is 3. The van der Waals surface area contributed by atoms with Crippen LogP contribution >= 0.6 is 0 Å². The fourth-order valence-corrected chi connectivity index (χ4v) is 2.72. The van der Waals surface area contributed by atoms with Crippen molar-refractivity contribution in [1.29, 1.82) is 0 Å². The van der Waals surface area contributed by atoms with Crippen molar-refractivity contribution in [2.45, 2.75) is 13.1 Å². The van der Waals surface area contributed by atoms with Crippen molar-refractivity contribution in [3.63, 3.8) is 0 Å². The van der Waals surface area contributed by atoms with Crippen molar-refractivity contribution in [3.05, 3.63) is 76.6 Å². The van der Waals surface area contributed by atoms with E-state index in [1.165, 1.54) is 29.7 Å². The maximum absolute atomic E-state index is 12.7. The van der Waals surface area contributed by atoms with E-state index in [4.69, 9.17) is 0 Å². The van der Waals surface area contributed by atoms with Crippen molar-refractivity contribution in [1.82, 2.24) is 4.40 Å². The Hall–Kier alpha value is -3.42. The molecule has 0 saturated carbocycles. The molecule has 0 bridgehead atoms. The van der Waals surface area contributed by atoms with Gasteiger partial charge in [0.1, 0.15) is 0 Å². The third kappa shape index (κ3) is 3.33. The highest BCUT2D eigenvalue weighted by Gasteiger charge is 2.30. The maximum Gasteiger partial charge on any atom is 0.416 e. The smallest absolute Gasteiger partial charge is 0.416 e. The van der Waals surface area contributed by atoms with E-state index in [0.717, 1.165) is 30.3 Å². The summed E-state index contributed by atoms with van der Waals surface area (Å²) in [5, 5.41) is 9.37. The van der Waals surface area contributed by atoms with E-state index < -0.39 is 23.5 Å². The van der Waals surface area contributed by atoms with Crippen LogP contribution in [0.25, 0.3) is 5.52 Å². The van der Waals surface area contributed by atoms with Crippen molar-refractivity contribution < 1.29 is 32.7 Å². The lowest BCUT2D eigenvalue weighted by Gasteiger charge is -2.07. The van der Waals surface area contributed by atoms with E-state index in [-0.39, 0.29) is 33.7 Å². The van der Waals surface area contributed by atoms with Gasteiger partial charge in [0.05, 0.1) is 22.3 Å². The molecule has 2 heterocycles. The number of aromatic nitrogens is 1. The lowest BCUT2D eigenvalue weighted by atomic mass is 10.1. The minimum atomic E-state index is -4.52. The van der Waals surface area contributed by atoms with Gasteiger partial charge in [0, 0.05) is 17.3 Å². The first-order chi connectivity index (χ1) is 12.6. The molecule has 1 N–H and O–H groups in total. The summed E-state index contributed by atoms with van der Waals surface area (Å²) in [6.07, 6.45) is -3.14. The molecule has 0 radical (unpaired) electrons. The number of benzene rings is 1. The Balaban J connectivity index is 2.12.